The van der Waals surface area contributed by atoms with Gasteiger partial charge in [0.05, 0.1) is 0 Å². The first-order valence-electron chi connectivity index (χ1n) is 13.2. The van der Waals surface area contributed by atoms with E-state index in [1.165, 1.54) is 103 Å². The summed E-state index contributed by atoms with van der Waals surface area (Å²) in [5.74, 6) is 0.0144. The molecular formula is C26H52N2O2. The summed E-state index contributed by atoms with van der Waals surface area (Å²) in [5.41, 5.74) is 0. The Morgan fingerprint density at radius 1 is 0.433 bits per heavy atom. The van der Waals surface area contributed by atoms with Gasteiger partial charge in [-0.2, -0.15) is 0 Å². The molecule has 0 radical (unpaired) electrons. The van der Waals surface area contributed by atoms with Gasteiger partial charge in [-0.15, -0.1) is 0 Å². The maximum Gasteiger partial charge on any atom is 0.220 e. The van der Waals surface area contributed by atoms with E-state index in [1.54, 1.807) is 0 Å². The van der Waals surface area contributed by atoms with E-state index in [2.05, 4.69) is 24.5 Å². The predicted molar refractivity (Wildman–Crippen MR) is 130 cm³/mol. The van der Waals surface area contributed by atoms with Gasteiger partial charge in [-0.25, -0.2) is 0 Å². The van der Waals surface area contributed by atoms with Crippen LogP contribution in [0.3, 0.4) is 0 Å². The minimum absolute atomic E-state index is 0.00721. The number of carbonyl (C=O) groups is 2. The van der Waals surface area contributed by atoms with Crippen molar-refractivity contribution in [3.63, 3.8) is 0 Å². The van der Waals surface area contributed by atoms with Crippen molar-refractivity contribution in [3.05, 3.63) is 0 Å². The molecule has 0 aromatic rings. The molecule has 0 aliphatic carbocycles. The lowest BCUT2D eigenvalue weighted by Crippen LogP contribution is -2.28. The van der Waals surface area contributed by atoms with E-state index in [0.717, 1.165) is 25.9 Å². The van der Waals surface area contributed by atoms with Gasteiger partial charge in [0.2, 0.25) is 11.8 Å². The molecule has 0 bridgehead atoms. The van der Waals surface area contributed by atoms with E-state index in [1.807, 2.05) is 0 Å². The second-order valence-corrected chi connectivity index (χ2v) is 8.86. The molecule has 0 fully saturated rings. The van der Waals surface area contributed by atoms with Gasteiger partial charge in [0.15, 0.2) is 0 Å². The lowest BCUT2D eigenvalue weighted by Gasteiger charge is -2.07. The van der Waals surface area contributed by atoms with Crippen molar-refractivity contribution in [2.75, 3.05) is 13.1 Å². The molecule has 2 amide bonds. The Morgan fingerprint density at radius 3 is 1.00 bits per heavy atom. The minimum Gasteiger partial charge on any atom is -0.356 e. The summed E-state index contributed by atoms with van der Waals surface area (Å²) >= 11 is 0. The molecule has 0 saturated heterocycles. The number of carbonyl (C=O) groups excluding carboxylic acids is 2. The van der Waals surface area contributed by atoms with Gasteiger partial charge < -0.3 is 10.6 Å². The van der Waals surface area contributed by atoms with Crippen LogP contribution >= 0.6 is 0 Å². The van der Waals surface area contributed by atoms with Crippen LogP contribution < -0.4 is 10.6 Å². The van der Waals surface area contributed by atoms with Crippen LogP contribution in [-0.4, -0.2) is 24.9 Å². The molecule has 0 spiro atoms. The molecule has 0 aromatic carbocycles. The maximum atomic E-state index is 11.8. The van der Waals surface area contributed by atoms with Gasteiger partial charge in [-0.1, -0.05) is 117 Å². The van der Waals surface area contributed by atoms with Crippen LogP contribution in [0.5, 0.6) is 0 Å². The van der Waals surface area contributed by atoms with Gasteiger partial charge in [0.1, 0.15) is 0 Å². The fourth-order valence-corrected chi connectivity index (χ4v) is 3.73. The van der Waals surface area contributed by atoms with Crippen LogP contribution in [0, 0.1) is 0 Å². The van der Waals surface area contributed by atoms with Crippen LogP contribution in [0.2, 0.25) is 0 Å². The fourth-order valence-electron chi connectivity index (χ4n) is 3.73. The highest BCUT2D eigenvalue weighted by molar-refractivity contribution is 5.83. The number of hydrogen-bond acceptors (Lipinski definition) is 2. The summed E-state index contributed by atoms with van der Waals surface area (Å²) in [4.78, 5) is 23.7. The molecule has 0 heterocycles. The zero-order chi connectivity index (χ0) is 22.1. The van der Waals surface area contributed by atoms with E-state index >= 15 is 0 Å². The topological polar surface area (TPSA) is 58.2 Å². The Balaban J connectivity index is 3.31. The third kappa shape index (κ3) is 23.2. The molecule has 0 unspecified atom stereocenters. The van der Waals surface area contributed by atoms with Gasteiger partial charge >= 0.3 is 0 Å². The van der Waals surface area contributed by atoms with Crippen molar-refractivity contribution in [1.82, 2.24) is 10.6 Å². The van der Waals surface area contributed by atoms with Crippen LogP contribution in [0.15, 0.2) is 0 Å². The van der Waals surface area contributed by atoms with Crippen LogP contribution in [0.25, 0.3) is 0 Å². The average Bonchev–Trinajstić information content (AvgIpc) is 2.75. The van der Waals surface area contributed by atoms with E-state index in [9.17, 15) is 9.59 Å². The normalized spacial score (nSPS) is 10.9. The quantitative estimate of drug-likeness (QED) is 0.172. The second kappa shape index (κ2) is 24.2. The Bertz CT molecular complexity index is 349. The Hall–Kier alpha value is -1.06. The smallest absolute Gasteiger partial charge is 0.220 e. The standard InChI is InChI=1S/C26H52N2O2/c1-3-5-7-9-11-13-15-17-19-23-27-25(29)21-22-26(30)28-24-20-18-16-14-12-10-8-6-4-2/h3-24H2,1-2H3,(H,27,29)(H,28,30). The second-order valence-electron chi connectivity index (χ2n) is 8.86. The number of amides is 2. The van der Waals surface area contributed by atoms with Crippen LogP contribution in [-0.2, 0) is 9.59 Å². The molecule has 0 rings (SSSR count). The molecular weight excluding hydrogens is 372 g/mol. The molecule has 0 aliphatic rings. The number of hydrogen-bond donors (Lipinski definition) is 2. The van der Waals surface area contributed by atoms with Crippen LogP contribution in [0.1, 0.15) is 142 Å². The first-order chi connectivity index (χ1) is 14.7. The monoisotopic (exact) mass is 424 g/mol. The van der Waals surface area contributed by atoms with Crippen molar-refractivity contribution < 1.29 is 9.59 Å². The van der Waals surface area contributed by atoms with E-state index in [4.69, 9.17) is 0 Å². The molecule has 178 valence electrons. The van der Waals surface area contributed by atoms with E-state index < -0.39 is 0 Å². The van der Waals surface area contributed by atoms with Crippen molar-refractivity contribution >= 4 is 11.8 Å². The summed E-state index contributed by atoms with van der Waals surface area (Å²) < 4.78 is 0. The minimum atomic E-state index is 0.00721. The summed E-state index contributed by atoms with van der Waals surface area (Å²) in [5, 5.41) is 5.89. The Morgan fingerprint density at radius 2 is 0.700 bits per heavy atom. The molecule has 0 aromatic heterocycles. The number of nitrogens with one attached hydrogen (secondary N) is 2. The number of rotatable bonds is 23. The van der Waals surface area contributed by atoms with Gasteiger partial charge in [-0.3, -0.25) is 9.59 Å². The molecule has 30 heavy (non-hydrogen) atoms. The molecule has 4 nitrogen and oxygen atoms in total. The van der Waals surface area contributed by atoms with Crippen LogP contribution in [0.4, 0.5) is 0 Å². The molecule has 0 saturated carbocycles. The van der Waals surface area contributed by atoms with Gasteiger partial charge in [0, 0.05) is 25.9 Å². The fraction of sp³-hybridized carbons (Fsp3) is 0.923. The first kappa shape index (κ1) is 28.9. The number of unbranched alkanes of at least 4 members (excludes halogenated alkanes) is 16. The molecule has 0 aliphatic heterocycles. The van der Waals surface area contributed by atoms with Crippen molar-refractivity contribution in [2.24, 2.45) is 0 Å². The molecule has 4 heteroatoms. The van der Waals surface area contributed by atoms with Gasteiger partial charge in [-0.05, 0) is 12.8 Å². The lowest BCUT2D eigenvalue weighted by atomic mass is 10.1. The third-order valence-corrected chi connectivity index (χ3v) is 5.78. The van der Waals surface area contributed by atoms with E-state index in [-0.39, 0.29) is 11.8 Å². The third-order valence-electron chi connectivity index (χ3n) is 5.78. The molecule has 2 N–H and O–H groups in total. The summed E-state index contributed by atoms with van der Waals surface area (Å²) in [6, 6.07) is 0. The lowest BCUT2D eigenvalue weighted by molar-refractivity contribution is -0.126. The first-order valence-corrected chi connectivity index (χ1v) is 13.2. The largest absolute Gasteiger partial charge is 0.356 e. The zero-order valence-corrected chi connectivity index (χ0v) is 20.4. The van der Waals surface area contributed by atoms with Crippen molar-refractivity contribution in [3.8, 4) is 0 Å². The highest BCUT2D eigenvalue weighted by atomic mass is 16.2. The summed E-state index contributed by atoms with van der Waals surface area (Å²) in [6.07, 6.45) is 23.8. The van der Waals surface area contributed by atoms with Crippen molar-refractivity contribution in [2.45, 2.75) is 142 Å². The predicted octanol–water partition coefficient (Wildman–Crippen LogP) is 7.06. The highest BCUT2D eigenvalue weighted by Gasteiger charge is 2.06. The van der Waals surface area contributed by atoms with E-state index in [0.29, 0.717) is 12.8 Å². The van der Waals surface area contributed by atoms with Crippen molar-refractivity contribution in [1.29, 1.82) is 0 Å². The van der Waals surface area contributed by atoms with Gasteiger partial charge in [0.25, 0.3) is 0 Å². The zero-order valence-electron chi connectivity index (χ0n) is 20.4. The molecule has 0 atom stereocenters. The SMILES string of the molecule is CCCCCCCCCCCNC(=O)CCC(=O)NCCCCCCCCCCC. The Kier molecular flexibility index (Phi) is 23.4. The maximum absolute atomic E-state index is 11.8. The summed E-state index contributed by atoms with van der Waals surface area (Å²) in [6.45, 7) is 5.99. The summed E-state index contributed by atoms with van der Waals surface area (Å²) in [7, 11) is 0. The highest BCUT2D eigenvalue weighted by Crippen LogP contribution is 2.10. The Labute approximate surface area is 187 Å². The average molecular weight is 425 g/mol.